The molecule has 0 aromatic heterocycles. The predicted molar refractivity (Wildman–Crippen MR) is 65.3 cm³/mol. The van der Waals surface area contributed by atoms with E-state index in [1.165, 1.54) is 0 Å². The number of halogens is 1. The molecule has 5 nitrogen and oxygen atoms in total. The number of carbonyl (C=O) groups excluding carboxylic acids is 1. The summed E-state index contributed by atoms with van der Waals surface area (Å²) in [7, 11) is 0. The second kappa shape index (κ2) is 5.77. The van der Waals surface area contributed by atoms with Crippen LogP contribution < -0.4 is 0 Å². The predicted octanol–water partition coefficient (Wildman–Crippen LogP) is 3.22. The summed E-state index contributed by atoms with van der Waals surface area (Å²) in [4.78, 5) is 22.0. The van der Waals surface area contributed by atoms with Crippen molar-refractivity contribution in [1.82, 2.24) is 0 Å². The van der Waals surface area contributed by atoms with Crippen LogP contribution in [0.3, 0.4) is 0 Å². The maximum atomic E-state index is 13.1. The smallest absolute Gasteiger partial charge is 0.345 e. The van der Waals surface area contributed by atoms with Crippen LogP contribution in [-0.4, -0.2) is 17.0 Å². The van der Waals surface area contributed by atoms with Crippen LogP contribution in [0.5, 0.6) is 0 Å². The highest BCUT2D eigenvalue weighted by molar-refractivity contribution is 5.94. The Morgan fingerprint density at radius 3 is 2.63 bits per heavy atom. The van der Waals surface area contributed by atoms with E-state index in [4.69, 9.17) is 4.74 Å². The van der Waals surface area contributed by atoms with Gasteiger partial charge >= 0.3 is 5.97 Å². The van der Waals surface area contributed by atoms with Crippen molar-refractivity contribution in [2.75, 3.05) is 0 Å². The number of nitro groups is 1. The molecule has 19 heavy (non-hydrogen) atoms. The SMILES string of the molecule is O=C(OC1CCCCC1)c1cc(F)ccc1[N+](=O)[O-]. The molecule has 1 aliphatic carbocycles. The van der Waals surface area contributed by atoms with Crippen LogP contribution in [0.25, 0.3) is 0 Å². The van der Waals surface area contributed by atoms with Crippen molar-refractivity contribution in [2.24, 2.45) is 0 Å². The summed E-state index contributed by atoms with van der Waals surface area (Å²) in [5, 5.41) is 10.8. The lowest BCUT2D eigenvalue weighted by Gasteiger charge is -2.21. The Labute approximate surface area is 109 Å². The summed E-state index contributed by atoms with van der Waals surface area (Å²) < 4.78 is 18.3. The van der Waals surface area contributed by atoms with Crippen molar-refractivity contribution < 1.29 is 18.8 Å². The number of hydrogen-bond donors (Lipinski definition) is 0. The zero-order valence-corrected chi connectivity index (χ0v) is 10.3. The molecule has 0 radical (unpaired) electrons. The van der Waals surface area contributed by atoms with Crippen molar-refractivity contribution in [2.45, 2.75) is 38.2 Å². The van der Waals surface area contributed by atoms with Gasteiger partial charge in [0.1, 0.15) is 17.5 Å². The minimum absolute atomic E-state index is 0.218. The lowest BCUT2D eigenvalue weighted by molar-refractivity contribution is -0.385. The average molecular weight is 267 g/mol. The standard InChI is InChI=1S/C13H14FNO4/c14-9-6-7-12(15(17)18)11(8-9)13(16)19-10-4-2-1-3-5-10/h6-8,10H,1-5H2. The molecule has 0 spiro atoms. The Balaban J connectivity index is 2.17. The number of nitro benzene ring substituents is 1. The van der Waals surface area contributed by atoms with Gasteiger partial charge in [-0.25, -0.2) is 9.18 Å². The topological polar surface area (TPSA) is 69.4 Å². The number of ether oxygens (including phenoxy) is 1. The van der Waals surface area contributed by atoms with E-state index in [0.717, 1.165) is 50.3 Å². The molecular formula is C13H14FNO4. The lowest BCUT2D eigenvalue weighted by Crippen LogP contribution is -2.21. The summed E-state index contributed by atoms with van der Waals surface area (Å²) in [6.45, 7) is 0. The zero-order valence-electron chi connectivity index (χ0n) is 10.3. The Hall–Kier alpha value is -1.98. The largest absolute Gasteiger partial charge is 0.459 e. The molecule has 6 heteroatoms. The first-order valence-electron chi connectivity index (χ1n) is 6.23. The highest BCUT2D eigenvalue weighted by Crippen LogP contribution is 2.25. The fourth-order valence-electron chi connectivity index (χ4n) is 2.23. The molecule has 1 fully saturated rings. The fraction of sp³-hybridized carbons (Fsp3) is 0.462. The van der Waals surface area contributed by atoms with E-state index in [1.54, 1.807) is 0 Å². The van der Waals surface area contributed by atoms with E-state index in [2.05, 4.69) is 0 Å². The first-order valence-corrected chi connectivity index (χ1v) is 6.23. The van der Waals surface area contributed by atoms with Crippen molar-refractivity contribution in [3.63, 3.8) is 0 Å². The van der Waals surface area contributed by atoms with E-state index in [0.29, 0.717) is 0 Å². The van der Waals surface area contributed by atoms with Crippen LogP contribution in [0, 0.1) is 15.9 Å². The second-order valence-electron chi connectivity index (χ2n) is 4.58. The first-order chi connectivity index (χ1) is 9.08. The number of benzene rings is 1. The molecule has 102 valence electrons. The van der Waals surface area contributed by atoms with E-state index in [-0.39, 0.29) is 11.7 Å². The highest BCUT2D eigenvalue weighted by Gasteiger charge is 2.25. The molecule has 0 N–H and O–H groups in total. The van der Waals surface area contributed by atoms with E-state index < -0.39 is 22.4 Å². The Bertz CT molecular complexity index is 497. The molecule has 1 aliphatic rings. The molecule has 1 saturated carbocycles. The van der Waals surface area contributed by atoms with Crippen molar-refractivity contribution >= 4 is 11.7 Å². The number of nitrogens with zero attached hydrogens (tertiary/aromatic N) is 1. The van der Waals surface area contributed by atoms with Crippen LogP contribution in [0.2, 0.25) is 0 Å². The van der Waals surface area contributed by atoms with Gasteiger partial charge in [-0.3, -0.25) is 10.1 Å². The second-order valence-corrected chi connectivity index (χ2v) is 4.58. The Kier molecular flexibility index (Phi) is 4.09. The van der Waals surface area contributed by atoms with Crippen LogP contribution in [0.15, 0.2) is 18.2 Å². The van der Waals surface area contributed by atoms with Crippen molar-refractivity contribution in [1.29, 1.82) is 0 Å². The number of carbonyl (C=O) groups is 1. The zero-order chi connectivity index (χ0) is 13.8. The average Bonchev–Trinajstić information content (AvgIpc) is 2.39. The highest BCUT2D eigenvalue weighted by atomic mass is 19.1. The Morgan fingerprint density at radius 2 is 2.00 bits per heavy atom. The van der Waals surface area contributed by atoms with E-state index in [9.17, 15) is 19.3 Å². The van der Waals surface area contributed by atoms with Gasteiger partial charge in [-0.1, -0.05) is 6.42 Å². The molecule has 2 rings (SSSR count). The quantitative estimate of drug-likeness (QED) is 0.479. The van der Waals surface area contributed by atoms with Gasteiger partial charge in [0, 0.05) is 6.07 Å². The third kappa shape index (κ3) is 3.27. The molecular weight excluding hydrogens is 253 g/mol. The van der Waals surface area contributed by atoms with Crippen molar-refractivity contribution in [3.05, 3.63) is 39.7 Å². The summed E-state index contributed by atoms with van der Waals surface area (Å²) in [5.74, 6) is -1.51. The van der Waals surface area contributed by atoms with Crippen LogP contribution in [0.1, 0.15) is 42.5 Å². The fourth-order valence-corrected chi connectivity index (χ4v) is 2.23. The van der Waals surface area contributed by atoms with Gasteiger partial charge in [-0.15, -0.1) is 0 Å². The van der Waals surface area contributed by atoms with Gasteiger partial charge in [-0.05, 0) is 37.8 Å². The molecule has 0 amide bonds. The van der Waals surface area contributed by atoms with Gasteiger partial charge < -0.3 is 4.74 Å². The number of rotatable bonds is 3. The van der Waals surface area contributed by atoms with Gasteiger partial charge in [0.2, 0.25) is 0 Å². The minimum atomic E-state index is -0.821. The molecule has 0 heterocycles. The van der Waals surface area contributed by atoms with Gasteiger partial charge in [0.05, 0.1) is 4.92 Å². The van der Waals surface area contributed by atoms with Crippen molar-refractivity contribution in [3.8, 4) is 0 Å². The maximum absolute atomic E-state index is 13.1. The maximum Gasteiger partial charge on any atom is 0.345 e. The van der Waals surface area contributed by atoms with Gasteiger partial charge in [0.15, 0.2) is 0 Å². The van der Waals surface area contributed by atoms with Crippen LogP contribution in [0.4, 0.5) is 10.1 Å². The first kappa shape index (κ1) is 13.5. The minimum Gasteiger partial charge on any atom is -0.459 e. The third-order valence-electron chi connectivity index (χ3n) is 3.20. The molecule has 0 saturated heterocycles. The number of esters is 1. The van der Waals surface area contributed by atoms with Crippen LogP contribution >= 0.6 is 0 Å². The molecule has 1 aromatic carbocycles. The monoisotopic (exact) mass is 267 g/mol. The summed E-state index contributed by atoms with van der Waals surface area (Å²) in [6, 6.07) is 2.78. The van der Waals surface area contributed by atoms with Gasteiger partial charge in [0.25, 0.3) is 5.69 Å². The molecule has 0 aliphatic heterocycles. The summed E-state index contributed by atoms with van der Waals surface area (Å²) in [5.41, 5.74) is -0.752. The molecule has 0 bridgehead atoms. The third-order valence-corrected chi connectivity index (χ3v) is 3.20. The molecule has 0 unspecified atom stereocenters. The summed E-state index contributed by atoms with van der Waals surface area (Å²) >= 11 is 0. The summed E-state index contributed by atoms with van der Waals surface area (Å²) in [6.07, 6.45) is 4.36. The molecule has 0 atom stereocenters. The molecule has 1 aromatic rings. The van der Waals surface area contributed by atoms with Gasteiger partial charge in [-0.2, -0.15) is 0 Å². The number of hydrogen-bond acceptors (Lipinski definition) is 4. The lowest BCUT2D eigenvalue weighted by atomic mass is 9.98. The van der Waals surface area contributed by atoms with E-state index in [1.807, 2.05) is 0 Å². The van der Waals surface area contributed by atoms with Crippen LogP contribution in [-0.2, 0) is 4.74 Å². The Morgan fingerprint density at radius 1 is 1.32 bits per heavy atom. The van der Waals surface area contributed by atoms with E-state index >= 15 is 0 Å². The normalized spacial score (nSPS) is 16.1.